The molecule has 1 aliphatic rings. The Kier molecular flexibility index (Phi) is 2.03. The number of hydrogen-bond acceptors (Lipinski definition) is 5. The zero-order chi connectivity index (χ0) is 11.0. The molecule has 0 saturated heterocycles. The minimum absolute atomic E-state index is 0.00153. The van der Waals surface area contributed by atoms with Crippen LogP contribution in [-0.4, -0.2) is 10.9 Å². The van der Waals surface area contributed by atoms with E-state index in [2.05, 4.69) is 0 Å². The van der Waals surface area contributed by atoms with Crippen molar-refractivity contribution in [1.82, 2.24) is 0 Å². The SMILES string of the molecule is N#Cc1ccc2c(c1C#N)C(=O)C(=O)S2. The molecule has 0 radical (unpaired) electrons. The smallest absolute Gasteiger partial charge is 0.264 e. The van der Waals surface area contributed by atoms with E-state index in [-0.39, 0.29) is 16.7 Å². The second-order valence-electron chi connectivity index (χ2n) is 2.80. The number of hydrogen-bond donors (Lipinski definition) is 0. The van der Waals surface area contributed by atoms with E-state index < -0.39 is 10.9 Å². The Morgan fingerprint density at radius 3 is 2.47 bits per heavy atom. The molecule has 0 fully saturated rings. The molecule has 5 heteroatoms. The fraction of sp³-hybridized carbons (Fsp3) is 0. The average molecular weight is 214 g/mol. The highest BCUT2D eigenvalue weighted by Crippen LogP contribution is 2.35. The van der Waals surface area contributed by atoms with E-state index >= 15 is 0 Å². The lowest BCUT2D eigenvalue weighted by Gasteiger charge is -1.99. The second kappa shape index (κ2) is 3.23. The number of nitrogens with zero attached hydrogens (tertiary/aromatic N) is 2. The first-order valence-corrected chi connectivity index (χ1v) is 4.74. The number of carbonyl (C=O) groups is 2. The molecular formula is C10H2N2O2S. The van der Waals surface area contributed by atoms with E-state index in [1.165, 1.54) is 12.1 Å². The predicted octanol–water partition coefficient (Wildman–Crippen LogP) is 1.24. The zero-order valence-corrected chi connectivity index (χ0v) is 8.09. The number of Topliss-reactive ketones (excluding diaryl/α,β-unsaturated/α-hetero) is 1. The first-order valence-electron chi connectivity index (χ1n) is 3.92. The summed E-state index contributed by atoms with van der Waals surface area (Å²) in [6.45, 7) is 0. The molecule has 1 aromatic carbocycles. The summed E-state index contributed by atoms with van der Waals surface area (Å²) >= 11 is 0.799. The molecule has 1 aromatic rings. The van der Waals surface area contributed by atoms with Crippen LogP contribution in [0.2, 0.25) is 0 Å². The van der Waals surface area contributed by atoms with Crippen LogP contribution >= 0.6 is 11.8 Å². The van der Waals surface area contributed by atoms with Gasteiger partial charge in [-0.2, -0.15) is 10.5 Å². The summed E-state index contributed by atoms with van der Waals surface area (Å²) in [6, 6.07) is 6.56. The summed E-state index contributed by atoms with van der Waals surface area (Å²) < 4.78 is 0. The highest BCUT2D eigenvalue weighted by Gasteiger charge is 2.33. The van der Waals surface area contributed by atoms with Gasteiger partial charge in [0.25, 0.3) is 5.12 Å². The van der Waals surface area contributed by atoms with Crippen LogP contribution in [0.5, 0.6) is 0 Å². The van der Waals surface area contributed by atoms with Crippen molar-refractivity contribution >= 4 is 22.7 Å². The number of ketones is 1. The van der Waals surface area contributed by atoms with Crippen molar-refractivity contribution in [1.29, 1.82) is 10.5 Å². The third-order valence-corrected chi connectivity index (χ3v) is 2.95. The van der Waals surface area contributed by atoms with E-state index in [0.717, 1.165) is 11.8 Å². The molecular weight excluding hydrogens is 212 g/mol. The lowest BCUT2D eigenvalue weighted by Crippen LogP contribution is -2.05. The van der Waals surface area contributed by atoms with E-state index in [1.54, 1.807) is 6.07 Å². The Morgan fingerprint density at radius 1 is 1.13 bits per heavy atom. The summed E-state index contributed by atoms with van der Waals surface area (Å²) in [5.41, 5.74) is 0.199. The normalized spacial score (nSPS) is 13.2. The summed E-state index contributed by atoms with van der Waals surface area (Å²) in [6.07, 6.45) is 0. The van der Waals surface area contributed by atoms with Crippen molar-refractivity contribution in [3.8, 4) is 12.1 Å². The van der Waals surface area contributed by atoms with Gasteiger partial charge in [0.1, 0.15) is 12.1 Å². The molecule has 0 aromatic heterocycles. The average Bonchev–Trinajstić information content (AvgIpc) is 2.54. The molecule has 15 heavy (non-hydrogen) atoms. The molecule has 0 N–H and O–H groups in total. The lowest BCUT2D eigenvalue weighted by molar-refractivity contribution is -0.107. The number of thioether (sulfide) groups is 1. The number of carbonyl (C=O) groups excluding carboxylic acids is 2. The molecule has 0 unspecified atom stereocenters. The quantitative estimate of drug-likeness (QED) is 0.607. The Hall–Kier alpha value is -2.11. The van der Waals surface area contributed by atoms with Gasteiger partial charge in [0, 0.05) is 4.90 Å². The molecule has 70 valence electrons. The minimum atomic E-state index is -0.691. The van der Waals surface area contributed by atoms with Gasteiger partial charge in [-0.25, -0.2) is 0 Å². The molecule has 1 heterocycles. The Morgan fingerprint density at radius 2 is 1.87 bits per heavy atom. The van der Waals surface area contributed by atoms with Crippen molar-refractivity contribution in [3.05, 3.63) is 28.8 Å². The largest absolute Gasteiger partial charge is 0.284 e. The van der Waals surface area contributed by atoms with E-state index in [0.29, 0.717) is 4.90 Å². The first kappa shape index (κ1) is 9.45. The number of nitriles is 2. The minimum Gasteiger partial charge on any atom is -0.284 e. The molecule has 0 bridgehead atoms. The fourth-order valence-corrected chi connectivity index (χ4v) is 2.18. The summed E-state index contributed by atoms with van der Waals surface area (Å²) in [5.74, 6) is -0.691. The van der Waals surface area contributed by atoms with E-state index in [1.807, 2.05) is 6.07 Å². The van der Waals surface area contributed by atoms with Crippen LogP contribution in [0, 0.1) is 22.7 Å². The molecule has 0 aliphatic carbocycles. The molecule has 0 saturated carbocycles. The van der Waals surface area contributed by atoms with Gasteiger partial charge in [-0.05, 0) is 23.9 Å². The van der Waals surface area contributed by atoms with Crippen LogP contribution in [0.15, 0.2) is 17.0 Å². The topological polar surface area (TPSA) is 81.7 Å². The fourth-order valence-electron chi connectivity index (χ4n) is 1.35. The van der Waals surface area contributed by atoms with Crippen molar-refractivity contribution in [2.75, 3.05) is 0 Å². The van der Waals surface area contributed by atoms with Gasteiger partial charge >= 0.3 is 0 Å². The predicted molar refractivity (Wildman–Crippen MR) is 51.1 cm³/mol. The van der Waals surface area contributed by atoms with Crippen molar-refractivity contribution in [3.63, 3.8) is 0 Å². The van der Waals surface area contributed by atoms with Crippen LogP contribution in [0.4, 0.5) is 0 Å². The Labute approximate surface area is 89.1 Å². The van der Waals surface area contributed by atoms with Crippen LogP contribution in [0.3, 0.4) is 0 Å². The maximum absolute atomic E-state index is 11.4. The molecule has 0 atom stereocenters. The van der Waals surface area contributed by atoms with Gasteiger partial charge in [0.05, 0.1) is 16.7 Å². The highest BCUT2D eigenvalue weighted by atomic mass is 32.2. The van der Waals surface area contributed by atoms with Gasteiger partial charge in [0.15, 0.2) is 0 Å². The third kappa shape index (κ3) is 1.22. The molecule has 0 amide bonds. The first-order chi connectivity index (χ1) is 7.19. The van der Waals surface area contributed by atoms with Crippen LogP contribution < -0.4 is 0 Å². The summed E-state index contributed by atoms with van der Waals surface area (Å²) in [7, 11) is 0. The monoisotopic (exact) mass is 214 g/mol. The number of rotatable bonds is 0. The molecule has 2 rings (SSSR count). The second-order valence-corrected chi connectivity index (χ2v) is 3.82. The van der Waals surface area contributed by atoms with Crippen molar-refractivity contribution in [2.45, 2.75) is 4.90 Å². The Bertz CT molecular complexity index is 578. The summed E-state index contributed by atoms with van der Waals surface area (Å²) in [5, 5.41) is 17.0. The lowest BCUT2D eigenvalue weighted by atomic mass is 10.0. The highest BCUT2D eigenvalue weighted by molar-refractivity contribution is 8.16. The molecule has 4 nitrogen and oxygen atoms in total. The van der Waals surface area contributed by atoms with E-state index in [9.17, 15) is 9.59 Å². The van der Waals surface area contributed by atoms with Crippen LogP contribution in [0.25, 0.3) is 0 Å². The van der Waals surface area contributed by atoms with Gasteiger partial charge in [-0.15, -0.1) is 0 Å². The van der Waals surface area contributed by atoms with Crippen LogP contribution in [-0.2, 0) is 4.79 Å². The molecule has 1 aliphatic heterocycles. The van der Waals surface area contributed by atoms with E-state index in [4.69, 9.17) is 10.5 Å². The summed E-state index contributed by atoms with van der Waals surface area (Å²) in [4.78, 5) is 23.0. The maximum atomic E-state index is 11.4. The number of benzene rings is 1. The third-order valence-electron chi connectivity index (χ3n) is 2.01. The standard InChI is InChI=1S/C10H2N2O2S/c11-3-5-1-2-7-8(6(5)4-12)9(13)10(14)15-7/h1-2H. The van der Waals surface area contributed by atoms with Gasteiger partial charge < -0.3 is 0 Å². The molecule has 0 spiro atoms. The zero-order valence-electron chi connectivity index (χ0n) is 7.27. The van der Waals surface area contributed by atoms with Gasteiger partial charge in [0.2, 0.25) is 5.78 Å². The number of fused-ring (bicyclic) bond motifs is 1. The Balaban J connectivity index is 2.81. The van der Waals surface area contributed by atoms with Crippen molar-refractivity contribution in [2.24, 2.45) is 0 Å². The van der Waals surface area contributed by atoms with Gasteiger partial charge in [-0.1, -0.05) is 0 Å². The van der Waals surface area contributed by atoms with Crippen molar-refractivity contribution < 1.29 is 9.59 Å². The maximum Gasteiger partial charge on any atom is 0.264 e. The van der Waals surface area contributed by atoms with Gasteiger partial charge in [-0.3, -0.25) is 9.59 Å². The van der Waals surface area contributed by atoms with Crippen LogP contribution in [0.1, 0.15) is 21.5 Å².